The summed E-state index contributed by atoms with van der Waals surface area (Å²) in [6.45, 7) is 4.09. The molecule has 1 aromatic carbocycles. The molecule has 0 bridgehead atoms. The Hall–Kier alpha value is -1.60. The van der Waals surface area contributed by atoms with Crippen LogP contribution < -0.4 is 5.32 Å². The fourth-order valence-electron chi connectivity index (χ4n) is 2.12. The number of nitriles is 1. The van der Waals surface area contributed by atoms with Gasteiger partial charge in [0.05, 0.1) is 11.3 Å². The van der Waals surface area contributed by atoms with Crippen LogP contribution in [0.25, 0.3) is 0 Å². The number of nitrogens with zero attached hydrogens (tertiary/aromatic N) is 2. The molecule has 2 rings (SSSR count). The minimum atomic E-state index is -0.369. The van der Waals surface area contributed by atoms with Crippen LogP contribution >= 0.6 is 0 Å². The summed E-state index contributed by atoms with van der Waals surface area (Å²) in [5.41, 5.74) is 1.08. The largest absolute Gasteiger partial charge is 0.383 e. The zero-order valence-corrected chi connectivity index (χ0v) is 9.75. The molecule has 0 saturated carbocycles. The van der Waals surface area contributed by atoms with E-state index in [1.54, 1.807) is 6.07 Å². The molecular weight excluding hydrogens is 217 g/mol. The number of rotatable bonds is 4. The zero-order valence-electron chi connectivity index (χ0n) is 9.75. The van der Waals surface area contributed by atoms with Crippen LogP contribution in [0.15, 0.2) is 18.2 Å². The van der Waals surface area contributed by atoms with Gasteiger partial charge in [-0.3, -0.25) is 0 Å². The van der Waals surface area contributed by atoms with Crippen LogP contribution in [-0.4, -0.2) is 31.1 Å². The van der Waals surface area contributed by atoms with E-state index in [1.165, 1.54) is 25.0 Å². The summed E-state index contributed by atoms with van der Waals surface area (Å²) in [6.07, 6.45) is 2.56. The number of hydrogen-bond acceptors (Lipinski definition) is 3. The third kappa shape index (κ3) is 3.18. The number of hydrogen-bond donors (Lipinski definition) is 1. The first-order valence-corrected chi connectivity index (χ1v) is 5.95. The molecule has 90 valence electrons. The van der Waals surface area contributed by atoms with Gasteiger partial charge in [-0.15, -0.1) is 0 Å². The van der Waals surface area contributed by atoms with E-state index in [0.717, 1.165) is 26.2 Å². The van der Waals surface area contributed by atoms with Crippen LogP contribution in [0, 0.1) is 17.1 Å². The second kappa shape index (κ2) is 5.65. The highest BCUT2D eigenvalue weighted by molar-refractivity contribution is 5.57. The van der Waals surface area contributed by atoms with Crippen LogP contribution in [0.4, 0.5) is 10.1 Å². The third-order valence-electron chi connectivity index (χ3n) is 3.04. The van der Waals surface area contributed by atoms with Crippen molar-refractivity contribution in [3.05, 3.63) is 29.6 Å². The number of benzene rings is 1. The molecule has 0 amide bonds. The Balaban J connectivity index is 1.88. The first-order valence-electron chi connectivity index (χ1n) is 5.95. The lowest BCUT2D eigenvalue weighted by Gasteiger charge is -2.15. The Bertz CT molecular complexity index is 419. The van der Waals surface area contributed by atoms with Crippen molar-refractivity contribution in [3.63, 3.8) is 0 Å². The molecule has 4 heteroatoms. The summed E-state index contributed by atoms with van der Waals surface area (Å²) in [5, 5.41) is 12.1. The van der Waals surface area contributed by atoms with Crippen molar-refractivity contribution >= 4 is 5.69 Å². The summed E-state index contributed by atoms with van der Waals surface area (Å²) in [4.78, 5) is 2.39. The fraction of sp³-hybridized carbons (Fsp3) is 0.462. The van der Waals surface area contributed by atoms with E-state index in [9.17, 15) is 4.39 Å². The van der Waals surface area contributed by atoms with Crippen LogP contribution in [0.1, 0.15) is 18.4 Å². The summed E-state index contributed by atoms with van der Waals surface area (Å²) in [5.74, 6) is -0.369. The fourth-order valence-corrected chi connectivity index (χ4v) is 2.12. The second-order valence-electron chi connectivity index (χ2n) is 4.28. The highest BCUT2D eigenvalue weighted by Crippen LogP contribution is 2.15. The maximum absolute atomic E-state index is 12.9. The van der Waals surface area contributed by atoms with Gasteiger partial charge in [-0.2, -0.15) is 5.26 Å². The normalized spacial score (nSPS) is 15.8. The number of likely N-dealkylation sites (tertiary alicyclic amines) is 1. The molecule has 0 atom stereocenters. The molecule has 1 heterocycles. The SMILES string of the molecule is N#Cc1cc(F)ccc1NCCN1CCCC1. The Morgan fingerprint density at radius 2 is 2.12 bits per heavy atom. The maximum atomic E-state index is 12.9. The van der Waals surface area contributed by atoms with Crippen LogP contribution in [0.5, 0.6) is 0 Å². The molecule has 0 aliphatic carbocycles. The van der Waals surface area contributed by atoms with Gasteiger partial charge in [0, 0.05) is 13.1 Å². The van der Waals surface area contributed by atoms with Crippen molar-refractivity contribution in [2.24, 2.45) is 0 Å². The number of nitrogens with one attached hydrogen (secondary N) is 1. The first kappa shape index (κ1) is 11.9. The molecular formula is C13H16FN3. The average Bonchev–Trinajstić information content (AvgIpc) is 2.84. The Morgan fingerprint density at radius 3 is 2.82 bits per heavy atom. The van der Waals surface area contributed by atoms with Gasteiger partial charge in [0.15, 0.2) is 0 Å². The van der Waals surface area contributed by atoms with E-state index >= 15 is 0 Å². The van der Waals surface area contributed by atoms with E-state index in [4.69, 9.17) is 5.26 Å². The van der Waals surface area contributed by atoms with E-state index in [1.807, 2.05) is 6.07 Å². The lowest BCUT2D eigenvalue weighted by Crippen LogP contribution is -2.26. The van der Waals surface area contributed by atoms with Gasteiger partial charge in [0.1, 0.15) is 11.9 Å². The molecule has 17 heavy (non-hydrogen) atoms. The van der Waals surface area contributed by atoms with Gasteiger partial charge in [-0.05, 0) is 44.1 Å². The molecule has 3 nitrogen and oxygen atoms in total. The molecule has 1 aliphatic rings. The number of anilines is 1. The van der Waals surface area contributed by atoms with Crippen molar-refractivity contribution in [3.8, 4) is 6.07 Å². The molecule has 1 N–H and O–H groups in total. The average molecular weight is 233 g/mol. The standard InChI is InChI=1S/C13H16FN3/c14-12-3-4-13(11(9-12)10-15)16-5-8-17-6-1-2-7-17/h3-4,9,16H,1-2,5-8H2. The van der Waals surface area contributed by atoms with Crippen molar-refractivity contribution in [1.82, 2.24) is 4.90 Å². The Kier molecular flexibility index (Phi) is 3.94. The van der Waals surface area contributed by atoms with Gasteiger partial charge < -0.3 is 10.2 Å². The van der Waals surface area contributed by atoms with Crippen LogP contribution in [0.2, 0.25) is 0 Å². The highest BCUT2D eigenvalue weighted by atomic mass is 19.1. The van der Waals surface area contributed by atoms with Crippen LogP contribution in [0.3, 0.4) is 0 Å². The van der Waals surface area contributed by atoms with Crippen molar-refractivity contribution in [2.75, 3.05) is 31.5 Å². The lowest BCUT2D eigenvalue weighted by atomic mass is 10.2. The molecule has 0 radical (unpaired) electrons. The summed E-state index contributed by atoms with van der Waals surface area (Å²) >= 11 is 0. The second-order valence-corrected chi connectivity index (χ2v) is 4.28. The van der Waals surface area contributed by atoms with Gasteiger partial charge in [-0.25, -0.2) is 4.39 Å². The topological polar surface area (TPSA) is 39.1 Å². The maximum Gasteiger partial charge on any atom is 0.124 e. The van der Waals surface area contributed by atoms with Crippen molar-refractivity contribution < 1.29 is 4.39 Å². The predicted octanol–water partition coefficient (Wildman–Crippen LogP) is 2.21. The van der Waals surface area contributed by atoms with E-state index in [2.05, 4.69) is 10.2 Å². The Labute approximate surface area is 101 Å². The van der Waals surface area contributed by atoms with Crippen LogP contribution in [-0.2, 0) is 0 Å². The van der Waals surface area contributed by atoms with E-state index in [0.29, 0.717) is 11.3 Å². The zero-order chi connectivity index (χ0) is 12.1. The highest BCUT2D eigenvalue weighted by Gasteiger charge is 2.10. The monoisotopic (exact) mass is 233 g/mol. The molecule has 0 unspecified atom stereocenters. The smallest absolute Gasteiger partial charge is 0.124 e. The van der Waals surface area contributed by atoms with Crippen molar-refractivity contribution in [2.45, 2.75) is 12.8 Å². The third-order valence-corrected chi connectivity index (χ3v) is 3.04. The van der Waals surface area contributed by atoms with E-state index < -0.39 is 0 Å². The summed E-state index contributed by atoms with van der Waals surface area (Å²) in [7, 11) is 0. The summed E-state index contributed by atoms with van der Waals surface area (Å²) < 4.78 is 12.9. The Morgan fingerprint density at radius 1 is 1.35 bits per heavy atom. The van der Waals surface area contributed by atoms with Gasteiger partial charge in [-0.1, -0.05) is 0 Å². The molecule has 0 aromatic heterocycles. The van der Waals surface area contributed by atoms with Gasteiger partial charge in [0.25, 0.3) is 0 Å². The van der Waals surface area contributed by atoms with E-state index in [-0.39, 0.29) is 5.82 Å². The first-order chi connectivity index (χ1) is 8.29. The molecule has 0 spiro atoms. The predicted molar refractivity (Wildman–Crippen MR) is 65.3 cm³/mol. The summed E-state index contributed by atoms with van der Waals surface area (Å²) in [6, 6.07) is 6.26. The minimum Gasteiger partial charge on any atom is -0.383 e. The molecule has 1 fully saturated rings. The van der Waals surface area contributed by atoms with Gasteiger partial charge >= 0.3 is 0 Å². The molecule has 1 aliphatic heterocycles. The minimum absolute atomic E-state index is 0.367. The van der Waals surface area contributed by atoms with Crippen molar-refractivity contribution in [1.29, 1.82) is 5.26 Å². The van der Waals surface area contributed by atoms with Gasteiger partial charge in [0.2, 0.25) is 0 Å². The molecule has 1 saturated heterocycles. The molecule has 1 aromatic rings. The lowest BCUT2D eigenvalue weighted by molar-refractivity contribution is 0.352. The quantitative estimate of drug-likeness (QED) is 0.866. The number of halogens is 1.